The van der Waals surface area contributed by atoms with Gasteiger partial charge in [0.15, 0.2) is 23.0 Å². The lowest BCUT2D eigenvalue weighted by molar-refractivity contribution is 0.102. The Morgan fingerprint density at radius 1 is 0.976 bits per heavy atom. The second-order valence-electron chi connectivity index (χ2n) is 9.51. The number of ether oxygens (including phenoxy) is 1. The number of aromatic nitrogens is 5. The molecule has 13 heteroatoms. The maximum atomic E-state index is 15.2. The molecule has 1 aliphatic rings. The highest BCUT2D eigenvalue weighted by atomic mass is 19.1. The molecule has 0 atom stereocenters. The predicted octanol–water partition coefficient (Wildman–Crippen LogP) is 3.58. The van der Waals surface area contributed by atoms with Crippen LogP contribution in [0.1, 0.15) is 10.4 Å². The number of hydrogen-bond donors (Lipinski definition) is 2. The highest BCUT2D eigenvalue weighted by molar-refractivity contribution is 6.04. The molecular weight excluding hydrogens is 534 g/mol. The van der Waals surface area contributed by atoms with E-state index < -0.39 is 23.1 Å². The van der Waals surface area contributed by atoms with Gasteiger partial charge >= 0.3 is 0 Å². The van der Waals surface area contributed by atoms with Crippen LogP contribution in [0.4, 0.5) is 20.3 Å². The Morgan fingerprint density at radius 3 is 2.51 bits per heavy atom. The van der Waals surface area contributed by atoms with Crippen LogP contribution in [0.25, 0.3) is 16.7 Å². The molecule has 1 fully saturated rings. The Kier molecular flexibility index (Phi) is 6.85. The maximum absolute atomic E-state index is 15.2. The quantitative estimate of drug-likeness (QED) is 0.325. The lowest BCUT2D eigenvalue weighted by Crippen LogP contribution is -2.44. The van der Waals surface area contributed by atoms with E-state index >= 15 is 4.39 Å². The first-order valence-electron chi connectivity index (χ1n) is 12.8. The fourth-order valence-electron chi connectivity index (χ4n) is 4.57. The summed E-state index contributed by atoms with van der Waals surface area (Å²) in [5, 5.41) is 14.5. The summed E-state index contributed by atoms with van der Waals surface area (Å²) < 4.78 is 35.4. The fraction of sp³-hybridized carbons (Fsp3) is 0.179. The van der Waals surface area contributed by atoms with Crippen molar-refractivity contribution in [3.05, 3.63) is 94.5 Å². The second-order valence-corrected chi connectivity index (χ2v) is 9.51. The molecule has 0 saturated carbocycles. The Hall–Kier alpha value is -5.17. The van der Waals surface area contributed by atoms with Crippen LogP contribution >= 0.6 is 0 Å². The minimum atomic E-state index is -0.757. The van der Waals surface area contributed by atoms with E-state index in [1.807, 2.05) is 0 Å². The minimum Gasteiger partial charge on any atom is -0.453 e. The molecular formula is C28H24F2N8O3. The molecule has 5 aromatic rings. The molecule has 0 bridgehead atoms. The first-order chi connectivity index (χ1) is 19.9. The van der Waals surface area contributed by atoms with Gasteiger partial charge in [-0.05, 0) is 49.5 Å². The summed E-state index contributed by atoms with van der Waals surface area (Å²) in [6, 6.07) is 11.9. The summed E-state index contributed by atoms with van der Waals surface area (Å²) >= 11 is 0. The zero-order chi connectivity index (χ0) is 28.5. The third-order valence-corrected chi connectivity index (χ3v) is 6.78. The van der Waals surface area contributed by atoms with Gasteiger partial charge in [0, 0.05) is 56.4 Å². The number of nitrogens with one attached hydrogen (secondary N) is 2. The zero-order valence-electron chi connectivity index (χ0n) is 21.8. The molecule has 1 amide bonds. The number of pyridine rings is 1. The number of hydrogen-bond acceptors (Lipinski definition) is 8. The Morgan fingerprint density at radius 2 is 1.76 bits per heavy atom. The molecule has 0 aliphatic carbocycles. The molecule has 208 valence electrons. The summed E-state index contributed by atoms with van der Waals surface area (Å²) in [7, 11) is 2.06. The van der Waals surface area contributed by atoms with Gasteiger partial charge in [0.1, 0.15) is 22.5 Å². The number of rotatable bonds is 6. The van der Waals surface area contributed by atoms with Crippen molar-refractivity contribution in [2.24, 2.45) is 0 Å². The van der Waals surface area contributed by atoms with E-state index in [9.17, 15) is 14.0 Å². The Labute approximate surface area is 232 Å². The normalized spacial score (nSPS) is 13.9. The predicted molar refractivity (Wildman–Crippen MR) is 148 cm³/mol. The summed E-state index contributed by atoms with van der Waals surface area (Å²) in [4.78, 5) is 34.5. The number of H-pyrrole nitrogens is 1. The highest BCUT2D eigenvalue weighted by Gasteiger charge is 2.23. The largest absolute Gasteiger partial charge is 0.453 e. The number of amides is 1. The van der Waals surface area contributed by atoms with Crippen LogP contribution in [0.2, 0.25) is 0 Å². The molecule has 1 saturated heterocycles. The summed E-state index contributed by atoms with van der Waals surface area (Å²) in [6.07, 6.45) is 2.82. The van der Waals surface area contributed by atoms with E-state index in [0.29, 0.717) is 22.6 Å². The Bertz CT molecular complexity index is 1800. The summed E-state index contributed by atoms with van der Waals surface area (Å²) in [6.45, 7) is 3.32. The number of halogens is 2. The van der Waals surface area contributed by atoms with Crippen LogP contribution in [0.3, 0.4) is 0 Å². The first kappa shape index (κ1) is 26.1. The molecule has 1 aliphatic heterocycles. The second kappa shape index (κ2) is 10.8. The van der Waals surface area contributed by atoms with Crippen molar-refractivity contribution in [3.63, 3.8) is 0 Å². The van der Waals surface area contributed by atoms with Crippen LogP contribution in [0.15, 0.2) is 71.8 Å². The Balaban J connectivity index is 1.22. The van der Waals surface area contributed by atoms with Crippen molar-refractivity contribution < 1.29 is 18.3 Å². The number of carbonyl (C=O) groups is 1. The topological polar surface area (TPSA) is 121 Å². The van der Waals surface area contributed by atoms with Crippen molar-refractivity contribution in [2.45, 2.75) is 0 Å². The van der Waals surface area contributed by atoms with Crippen molar-refractivity contribution >= 4 is 28.4 Å². The lowest BCUT2D eigenvalue weighted by atomic mass is 10.2. The smallest absolute Gasteiger partial charge is 0.284 e. The molecule has 4 heterocycles. The van der Waals surface area contributed by atoms with Gasteiger partial charge in [-0.3, -0.25) is 14.7 Å². The van der Waals surface area contributed by atoms with Gasteiger partial charge in [0.25, 0.3) is 11.5 Å². The van der Waals surface area contributed by atoms with Crippen LogP contribution < -0.4 is 20.5 Å². The van der Waals surface area contributed by atoms with Gasteiger partial charge in [0.2, 0.25) is 0 Å². The molecule has 0 radical (unpaired) electrons. The number of anilines is 2. The van der Waals surface area contributed by atoms with Crippen LogP contribution in [-0.2, 0) is 0 Å². The third-order valence-electron chi connectivity index (χ3n) is 6.78. The van der Waals surface area contributed by atoms with Gasteiger partial charge in [-0.2, -0.15) is 14.9 Å². The van der Waals surface area contributed by atoms with E-state index in [1.165, 1.54) is 48.7 Å². The standard InChI is InChI=1S/C28H24F2N8O3/c1-36-12-14-37(15-13-36)26-24-23(9-10-31-25(24)34-35-26)41-22-7-4-18(16-21(22)30)33-27(39)20-8-11-32-38(28(20)40)19-5-2-17(29)3-6-19/h2-11,16H,12-15H2,1H3,(H,33,39)(H,31,34,35). The number of carbonyl (C=O) groups excluding carboxylic acids is 1. The van der Waals surface area contributed by atoms with E-state index in [4.69, 9.17) is 4.74 Å². The molecule has 11 nitrogen and oxygen atoms in total. The SMILES string of the molecule is CN1CCN(c2n[nH]c3nccc(Oc4ccc(NC(=O)c5ccnn(-c6ccc(F)cc6)c5=O)cc4F)c23)CC1. The number of piperazine rings is 1. The van der Waals surface area contributed by atoms with Crippen molar-refractivity contribution in [1.82, 2.24) is 29.9 Å². The first-order valence-corrected chi connectivity index (χ1v) is 12.8. The van der Waals surface area contributed by atoms with Crippen LogP contribution in [-0.4, -0.2) is 69.0 Å². The van der Waals surface area contributed by atoms with E-state index in [0.717, 1.165) is 36.9 Å². The molecule has 0 spiro atoms. The molecule has 2 aromatic carbocycles. The number of aromatic amines is 1. The van der Waals surface area contributed by atoms with Gasteiger partial charge in [-0.25, -0.2) is 13.8 Å². The van der Waals surface area contributed by atoms with Gasteiger partial charge in [-0.1, -0.05) is 0 Å². The fourth-order valence-corrected chi connectivity index (χ4v) is 4.57. The maximum Gasteiger partial charge on any atom is 0.284 e. The third kappa shape index (κ3) is 5.22. The van der Waals surface area contributed by atoms with E-state index in [2.05, 4.69) is 42.4 Å². The zero-order valence-corrected chi connectivity index (χ0v) is 21.8. The van der Waals surface area contributed by atoms with Gasteiger partial charge in [-0.15, -0.1) is 0 Å². The number of fused-ring (bicyclic) bond motifs is 1. The van der Waals surface area contributed by atoms with Gasteiger partial charge in [0.05, 0.1) is 5.69 Å². The molecule has 6 rings (SSSR count). The monoisotopic (exact) mass is 558 g/mol. The van der Waals surface area contributed by atoms with Crippen LogP contribution in [0.5, 0.6) is 11.5 Å². The van der Waals surface area contributed by atoms with Crippen molar-refractivity contribution in [3.8, 4) is 17.2 Å². The lowest BCUT2D eigenvalue weighted by Gasteiger charge is -2.32. The average molecular weight is 559 g/mol. The number of likely N-dealkylation sites (N-methyl/N-ethyl adjacent to an activating group) is 1. The molecule has 3 aromatic heterocycles. The molecule has 2 N–H and O–H groups in total. The average Bonchev–Trinajstić information content (AvgIpc) is 3.41. The van der Waals surface area contributed by atoms with E-state index in [-0.39, 0.29) is 22.7 Å². The van der Waals surface area contributed by atoms with Crippen LogP contribution in [0, 0.1) is 11.6 Å². The molecule has 41 heavy (non-hydrogen) atoms. The number of nitrogens with zero attached hydrogens (tertiary/aromatic N) is 6. The van der Waals surface area contributed by atoms with Crippen molar-refractivity contribution in [2.75, 3.05) is 43.4 Å². The highest BCUT2D eigenvalue weighted by Crippen LogP contribution is 2.36. The minimum absolute atomic E-state index is 0.0661. The summed E-state index contributed by atoms with van der Waals surface area (Å²) in [5.41, 5.74) is -0.0112. The van der Waals surface area contributed by atoms with Crippen molar-refractivity contribution in [1.29, 1.82) is 0 Å². The van der Waals surface area contributed by atoms with Gasteiger partial charge < -0.3 is 19.9 Å². The number of benzene rings is 2. The van der Waals surface area contributed by atoms with E-state index in [1.54, 1.807) is 12.3 Å². The molecule has 0 unspecified atom stereocenters. The summed E-state index contributed by atoms with van der Waals surface area (Å²) in [5.74, 6) is -0.957.